The van der Waals surface area contributed by atoms with Gasteiger partial charge in [0.25, 0.3) is 0 Å². The highest BCUT2D eigenvalue weighted by molar-refractivity contribution is 6.00. The maximum Gasteiger partial charge on any atom is 0.250 e. The number of pyridine rings is 1. The molecule has 3 heterocycles. The normalized spacial score (nSPS) is 19.2. The highest BCUT2D eigenvalue weighted by atomic mass is 16.2. The molecule has 1 aromatic heterocycles. The maximum absolute atomic E-state index is 12.9. The zero-order valence-corrected chi connectivity index (χ0v) is 13.4. The second-order valence-corrected chi connectivity index (χ2v) is 6.21. The number of benzene rings is 1. The number of hydrogen-bond donors (Lipinski definition) is 0. The molecule has 0 radical (unpaired) electrons. The first-order chi connectivity index (χ1) is 11.8. The number of aromatic nitrogens is 1. The molecule has 2 aromatic rings. The molecule has 4 rings (SSSR count). The van der Waals surface area contributed by atoms with Gasteiger partial charge in [-0.1, -0.05) is 18.2 Å². The first-order valence-corrected chi connectivity index (χ1v) is 8.30. The Bertz CT molecular complexity index is 812. The van der Waals surface area contributed by atoms with Crippen molar-refractivity contribution in [2.24, 2.45) is 0 Å². The summed E-state index contributed by atoms with van der Waals surface area (Å²) < 4.78 is 0. The Morgan fingerprint density at radius 2 is 2.12 bits per heavy atom. The van der Waals surface area contributed by atoms with E-state index in [0.29, 0.717) is 13.1 Å². The van der Waals surface area contributed by atoms with Gasteiger partial charge < -0.3 is 4.90 Å². The minimum Gasteiger partial charge on any atom is -0.310 e. The first-order valence-electron chi connectivity index (χ1n) is 8.30. The van der Waals surface area contributed by atoms with Crippen molar-refractivity contribution in [2.45, 2.75) is 25.3 Å². The van der Waals surface area contributed by atoms with Gasteiger partial charge in [0.1, 0.15) is 6.04 Å². The molecule has 1 atom stereocenters. The molecule has 1 saturated heterocycles. The van der Waals surface area contributed by atoms with Gasteiger partial charge in [-0.3, -0.25) is 14.7 Å². The minimum absolute atomic E-state index is 0.0472. The molecule has 0 unspecified atom stereocenters. The van der Waals surface area contributed by atoms with Gasteiger partial charge in [0, 0.05) is 30.5 Å². The largest absolute Gasteiger partial charge is 0.310 e. The van der Waals surface area contributed by atoms with E-state index in [0.717, 1.165) is 36.2 Å². The molecule has 24 heavy (non-hydrogen) atoms. The van der Waals surface area contributed by atoms with Gasteiger partial charge in [0.15, 0.2) is 6.19 Å². The molecule has 0 saturated carbocycles. The number of anilines is 1. The fourth-order valence-electron chi connectivity index (χ4n) is 3.75. The third-order valence-corrected chi connectivity index (χ3v) is 4.90. The van der Waals surface area contributed by atoms with E-state index in [4.69, 9.17) is 0 Å². The van der Waals surface area contributed by atoms with Crippen molar-refractivity contribution in [1.82, 2.24) is 9.88 Å². The zero-order valence-electron chi connectivity index (χ0n) is 13.4. The Hall–Kier alpha value is -2.87. The summed E-state index contributed by atoms with van der Waals surface area (Å²) in [5.74, 6) is 0.0472. The standard InChI is InChI=1S/C19H18N4O/c20-13-22-11-4-8-18(22)19(24)23-12-9-15-14(5-3-7-17(15)23)16-6-1-2-10-21-16/h1-3,5-7,10,18H,4,8-9,11-12H2/t18-/m0/s1. The minimum atomic E-state index is -0.306. The van der Waals surface area contributed by atoms with Gasteiger partial charge in [-0.25, -0.2) is 0 Å². The van der Waals surface area contributed by atoms with Crippen molar-refractivity contribution in [1.29, 1.82) is 5.26 Å². The monoisotopic (exact) mass is 318 g/mol. The van der Waals surface area contributed by atoms with E-state index in [1.54, 1.807) is 11.1 Å². The van der Waals surface area contributed by atoms with Crippen molar-refractivity contribution in [3.8, 4) is 17.5 Å². The van der Waals surface area contributed by atoms with Crippen LogP contribution in [-0.2, 0) is 11.2 Å². The fourth-order valence-corrected chi connectivity index (χ4v) is 3.75. The highest BCUT2D eigenvalue weighted by Crippen LogP contribution is 2.36. The van der Waals surface area contributed by atoms with E-state index in [2.05, 4.69) is 17.2 Å². The lowest BCUT2D eigenvalue weighted by Crippen LogP contribution is -2.43. The van der Waals surface area contributed by atoms with Crippen LogP contribution in [0.5, 0.6) is 0 Å². The summed E-state index contributed by atoms with van der Waals surface area (Å²) in [6.45, 7) is 1.36. The number of fused-ring (bicyclic) bond motifs is 1. The molecule has 2 aliphatic heterocycles. The predicted molar refractivity (Wildman–Crippen MR) is 91.1 cm³/mol. The van der Waals surface area contributed by atoms with Crippen molar-refractivity contribution in [3.63, 3.8) is 0 Å². The number of amides is 1. The second-order valence-electron chi connectivity index (χ2n) is 6.21. The van der Waals surface area contributed by atoms with Crippen LogP contribution in [0.15, 0.2) is 42.6 Å². The first kappa shape index (κ1) is 14.7. The summed E-state index contributed by atoms with van der Waals surface area (Å²) in [4.78, 5) is 20.9. The Labute approximate surface area is 141 Å². The summed E-state index contributed by atoms with van der Waals surface area (Å²) in [5.41, 5.74) is 4.16. The molecule has 0 spiro atoms. The lowest BCUT2D eigenvalue weighted by Gasteiger charge is -2.25. The van der Waals surface area contributed by atoms with E-state index in [1.165, 1.54) is 5.56 Å². The number of hydrogen-bond acceptors (Lipinski definition) is 4. The van der Waals surface area contributed by atoms with Crippen LogP contribution in [0.2, 0.25) is 0 Å². The average molecular weight is 318 g/mol. The molecular weight excluding hydrogens is 300 g/mol. The topological polar surface area (TPSA) is 60.2 Å². The summed E-state index contributed by atoms with van der Waals surface area (Å²) in [7, 11) is 0. The molecule has 0 aliphatic carbocycles. The van der Waals surface area contributed by atoms with E-state index >= 15 is 0 Å². The van der Waals surface area contributed by atoms with E-state index in [1.807, 2.05) is 35.2 Å². The number of likely N-dealkylation sites (tertiary alicyclic amines) is 1. The van der Waals surface area contributed by atoms with Crippen molar-refractivity contribution in [2.75, 3.05) is 18.0 Å². The summed E-state index contributed by atoms with van der Waals surface area (Å²) in [6.07, 6.45) is 6.43. The Balaban J connectivity index is 1.68. The number of nitrogens with zero attached hydrogens (tertiary/aromatic N) is 4. The summed E-state index contributed by atoms with van der Waals surface area (Å²) >= 11 is 0. The van der Waals surface area contributed by atoms with E-state index in [-0.39, 0.29) is 11.9 Å². The summed E-state index contributed by atoms with van der Waals surface area (Å²) in [5, 5.41) is 9.21. The van der Waals surface area contributed by atoms with E-state index < -0.39 is 0 Å². The maximum atomic E-state index is 12.9. The third kappa shape index (κ3) is 2.31. The average Bonchev–Trinajstić information content (AvgIpc) is 3.28. The predicted octanol–water partition coefficient (Wildman–Crippen LogP) is 2.58. The SMILES string of the molecule is N#CN1CCC[C@H]1C(=O)N1CCc2c(-c3ccccn3)cccc21. The van der Waals surface area contributed by atoms with Crippen LogP contribution in [0, 0.1) is 11.5 Å². The Morgan fingerprint density at radius 1 is 1.21 bits per heavy atom. The molecule has 0 N–H and O–H groups in total. The molecular formula is C19H18N4O. The van der Waals surface area contributed by atoms with Gasteiger partial charge >= 0.3 is 0 Å². The van der Waals surface area contributed by atoms with Gasteiger partial charge in [-0.05, 0) is 43.0 Å². The zero-order chi connectivity index (χ0) is 16.5. The van der Waals surface area contributed by atoms with Gasteiger partial charge in [-0.2, -0.15) is 5.26 Å². The van der Waals surface area contributed by atoms with E-state index in [9.17, 15) is 10.1 Å². The van der Waals surface area contributed by atoms with Crippen molar-refractivity contribution in [3.05, 3.63) is 48.2 Å². The number of nitriles is 1. The molecule has 0 bridgehead atoms. The van der Waals surface area contributed by atoms with Crippen LogP contribution in [0.1, 0.15) is 18.4 Å². The van der Waals surface area contributed by atoms with Crippen LogP contribution in [-0.4, -0.2) is 34.9 Å². The van der Waals surface area contributed by atoms with Crippen LogP contribution < -0.4 is 4.90 Å². The molecule has 1 fully saturated rings. The molecule has 5 heteroatoms. The lowest BCUT2D eigenvalue weighted by atomic mass is 10.0. The Morgan fingerprint density at radius 3 is 2.92 bits per heavy atom. The van der Waals surface area contributed by atoms with Crippen molar-refractivity contribution >= 4 is 11.6 Å². The second kappa shape index (κ2) is 5.97. The molecule has 1 aromatic carbocycles. The summed E-state index contributed by atoms with van der Waals surface area (Å²) in [6, 6.07) is 11.6. The lowest BCUT2D eigenvalue weighted by molar-refractivity contribution is -0.121. The highest BCUT2D eigenvalue weighted by Gasteiger charge is 2.36. The van der Waals surface area contributed by atoms with Gasteiger partial charge in [-0.15, -0.1) is 0 Å². The quantitative estimate of drug-likeness (QED) is 0.799. The smallest absolute Gasteiger partial charge is 0.250 e. The Kier molecular flexibility index (Phi) is 3.66. The van der Waals surface area contributed by atoms with Gasteiger partial charge in [0.2, 0.25) is 5.91 Å². The number of rotatable bonds is 2. The molecule has 120 valence electrons. The number of carbonyl (C=O) groups is 1. The van der Waals surface area contributed by atoms with Crippen molar-refractivity contribution < 1.29 is 4.79 Å². The van der Waals surface area contributed by atoms with Crippen LogP contribution >= 0.6 is 0 Å². The van der Waals surface area contributed by atoms with Crippen LogP contribution in [0.4, 0.5) is 5.69 Å². The molecule has 5 nitrogen and oxygen atoms in total. The molecule has 1 amide bonds. The van der Waals surface area contributed by atoms with Gasteiger partial charge in [0.05, 0.1) is 5.69 Å². The van der Waals surface area contributed by atoms with Crippen LogP contribution in [0.3, 0.4) is 0 Å². The van der Waals surface area contributed by atoms with Crippen LogP contribution in [0.25, 0.3) is 11.3 Å². The molecule has 2 aliphatic rings. The fraction of sp³-hybridized carbons (Fsp3) is 0.316. The third-order valence-electron chi connectivity index (χ3n) is 4.90. The number of carbonyl (C=O) groups excluding carboxylic acids is 1.